The lowest BCUT2D eigenvalue weighted by Crippen LogP contribution is -2.49. The minimum absolute atomic E-state index is 0.0242. The maximum absolute atomic E-state index is 12.5. The van der Waals surface area contributed by atoms with Crippen molar-refractivity contribution in [2.24, 2.45) is 0 Å². The molecule has 1 aliphatic rings. The second-order valence-corrected chi connectivity index (χ2v) is 7.30. The molecule has 0 radical (unpaired) electrons. The van der Waals surface area contributed by atoms with E-state index < -0.39 is 5.60 Å². The van der Waals surface area contributed by atoms with E-state index >= 15 is 0 Å². The Kier molecular flexibility index (Phi) is 5.70. The standard InChI is InChI=1S/C18H28N2O4/c1-13-12-15(14(2)23-13)17(22)20-10-8-19(9-11-20)7-6-16(21)24-18(3,4)5/h12H,6-11H2,1-5H3. The van der Waals surface area contributed by atoms with Crippen LogP contribution >= 0.6 is 0 Å². The number of hydrogen-bond acceptors (Lipinski definition) is 5. The summed E-state index contributed by atoms with van der Waals surface area (Å²) in [5.41, 5.74) is 0.206. The van der Waals surface area contributed by atoms with E-state index in [0.29, 0.717) is 37.4 Å². The Labute approximate surface area is 143 Å². The van der Waals surface area contributed by atoms with Crippen molar-refractivity contribution < 1.29 is 18.7 Å². The van der Waals surface area contributed by atoms with Crippen LogP contribution in [0.5, 0.6) is 0 Å². The second kappa shape index (κ2) is 7.38. The Morgan fingerprint density at radius 1 is 1.17 bits per heavy atom. The fourth-order valence-electron chi connectivity index (χ4n) is 2.83. The van der Waals surface area contributed by atoms with Crippen LogP contribution in [0.1, 0.15) is 49.1 Å². The number of nitrogens with zero attached hydrogens (tertiary/aromatic N) is 2. The van der Waals surface area contributed by atoms with E-state index in [0.717, 1.165) is 18.8 Å². The molecule has 1 aromatic rings. The number of hydrogen-bond donors (Lipinski definition) is 0. The van der Waals surface area contributed by atoms with Gasteiger partial charge in [-0.1, -0.05) is 0 Å². The molecule has 134 valence electrons. The number of esters is 1. The minimum atomic E-state index is -0.442. The van der Waals surface area contributed by atoms with Gasteiger partial charge in [0.15, 0.2) is 0 Å². The van der Waals surface area contributed by atoms with Gasteiger partial charge in [-0.3, -0.25) is 14.5 Å². The third kappa shape index (κ3) is 5.09. The first-order chi connectivity index (χ1) is 11.2. The van der Waals surface area contributed by atoms with Gasteiger partial charge in [0.25, 0.3) is 5.91 Å². The van der Waals surface area contributed by atoms with E-state index in [1.165, 1.54) is 0 Å². The number of aryl methyl sites for hydroxylation is 2. The van der Waals surface area contributed by atoms with Crippen molar-refractivity contribution in [1.82, 2.24) is 9.80 Å². The van der Waals surface area contributed by atoms with Crippen LogP contribution in [-0.2, 0) is 9.53 Å². The summed E-state index contributed by atoms with van der Waals surface area (Å²) in [5, 5.41) is 0. The van der Waals surface area contributed by atoms with Gasteiger partial charge in [0.1, 0.15) is 17.1 Å². The van der Waals surface area contributed by atoms with Crippen molar-refractivity contribution in [3.63, 3.8) is 0 Å². The third-order valence-corrected chi connectivity index (χ3v) is 3.98. The van der Waals surface area contributed by atoms with Crippen LogP contribution in [0, 0.1) is 13.8 Å². The number of furan rings is 1. The smallest absolute Gasteiger partial charge is 0.307 e. The van der Waals surface area contributed by atoms with Gasteiger partial charge in [-0.2, -0.15) is 0 Å². The zero-order valence-corrected chi connectivity index (χ0v) is 15.3. The van der Waals surface area contributed by atoms with Crippen molar-refractivity contribution >= 4 is 11.9 Å². The first-order valence-electron chi connectivity index (χ1n) is 8.46. The number of piperazine rings is 1. The van der Waals surface area contributed by atoms with Gasteiger partial charge >= 0.3 is 5.97 Å². The number of rotatable bonds is 4. The normalized spacial score (nSPS) is 16.3. The van der Waals surface area contributed by atoms with Crippen molar-refractivity contribution in [3.05, 3.63) is 23.2 Å². The molecule has 0 N–H and O–H groups in total. The van der Waals surface area contributed by atoms with Crippen LogP contribution in [-0.4, -0.2) is 60.0 Å². The predicted molar refractivity (Wildman–Crippen MR) is 91.0 cm³/mol. The molecular formula is C18H28N2O4. The average Bonchev–Trinajstić information content (AvgIpc) is 2.82. The van der Waals surface area contributed by atoms with Crippen LogP contribution in [0.25, 0.3) is 0 Å². The molecule has 0 unspecified atom stereocenters. The molecular weight excluding hydrogens is 308 g/mol. The van der Waals surface area contributed by atoms with Crippen molar-refractivity contribution in [3.8, 4) is 0 Å². The van der Waals surface area contributed by atoms with Crippen LogP contribution in [0.15, 0.2) is 10.5 Å². The summed E-state index contributed by atoms with van der Waals surface area (Å²) in [6.45, 7) is 12.8. The summed E-state index contributed by atoms with van der Waals surface area (Å²) in [4.78, 5) is 28.4. The summed E-state index contributed by atoms with van der Waals surface area (Å²) >= 11 is 0. The van der Waals surface area contributed by atoms with E-state index in [1.54, 1.807) is 6.07 Å². The SMILES string of the molecule is Cc1cc(C(=O)N2CCN(CCC(=O)OC(C)(C)C)CC2)c(C)o1. The van der Waals surface area contributed by atoms with Crippen LogP contribution in [0.4, 0.5) is 0 Å². The lowest BCUT2D eigenvalue weighted by atomic mass is 10.2. The van der Waals surface area contributed by atoms with Gasteiger partial charge in [-0.05, 0) is 40.7 Å². The monoisotopic (exact) mass is 336 g/mol. The Bertz CT molecular complexity index is 593. The largest absolute Gasteiger partial charge is 0.466 e. The molecule has 0 aromatic carbocycles. The number of carbonyl (C=O) groups is 2. The molecule has 1 aliphatic heterocycles. The zero-order chi connectivity index (χ0) is 17.9. The molecule has 1 saturated heterocycles. The van der Waals surface area contributed by atoms with Crippen LogP contribution in [0.2, 0.25) is 0 Å². The Morgan fingerprint density at radius 3 is 2.29 bits per heavy atom. The zero-order valence-electron chi connectivity index (χ0n) is 15.3. The number of amides is 1. The van der Waals surface area contributed by atoms with E-state index in [1.807, 2.05) is 39.5 Å². The number of carbonyl (C=O) groups excluding carboxylic acids is 2. The van der Waals surface area contributed by atoms with Crippen molar-refractivity contribution in [2.75, 3.05) is 32.7 Å². The topological polar surface area (TPSA) is 63.0 Å². The molecule has 1 aromatic heterocycles. The molecule has 0 bridgehead atoms. The summed E-state index contributed by atoms with van der Waals surface area (Å²) in [5.74, 6) is 1.28. The Hall–Kier alpha value is -1.82. The highest BCUT2D eigenvalue weighted by atomic mass is 16.6. The molecule has 2 rings (SSSR count). The average molecular weight is 336 g/mol. The van der Waals surface area contributed by atoms with Gasteiger partial charge in [-0.15, -0.1) is 0 Å². The first-order valence-corrected chi connectivity index (χ1v) is 8.46. The number of ether oxygens (including phenoxy) is 1. The highest BCUT2D eigenvalue weighted by Gasteiger charge is 2.25. The lowest BCUT2D eigenvalue weighted by molar-refractivity contribution is -0.155. The summed E-state index contributed by atoms with van der Waals surface area (Å²) in [6, 6.07) is 1.80. The molecule has 0 aliphatic carbocycles. The van der Waals surface area contributed by atoms with E-state index in [-0.39, 0.29) is 11.9 Å². The lowest BCUT2D eigenvalue weighted by Gasteiger charge is -2.34. The van der Waals surface area contributed by atoms with E-state index in [4.69, 9.17) is 9.15 Å². The van der Waals surface area contributed by atoms with Crippen molar-refractivity contribution in [2.45, 2.75) is 46.6 Å². The van der Waals surface area contributed by atoms with Gasteiger partial charge in [-0.25, -0.2) is 0 Å². The fourth-order valence-corrected chi connectivity index (χ4v) is 2.83. The molecule has 0 atom stereocenters. The van der Waals surface area contributed by atoms with Crippen molar-refractivity contribution in [1.29, 1.82) is 0 Å². The maximum atomic E-state index is 12.5. The third-order valence-electron chi connectivity index (χ3n) is 3.98. The minimum Gasteiger partial charge on any atom is -0.466 e. The molecule has 24 heavy (non-hydrogen) atoms. The fraction of sp³-hybridized carbons (Fsp3) is 0.667. The Morgan fingerprint density at radius 2 is 1.79 bits per heavy atom. The second-order valence-electron chi connectivity index (χ2n) is 7.30. The maximum Gasteiger partial charge on any atom is 0.307 e. The summed E-state index contributed by atoms with van der Waals surface area (Å²) in [7, 11) is 0. The molecule has 0 saturated carbocycles. The van der Waals surface area contributed by atoms with E-state index in [9.17, 15) is 9.59 Å². The van der Waals surface area contributed by atoms with Gasteiger partial charge in [0.05, 0.1) is 12.0 Å². The first kappa shape index (κ1) is 18.5. The molecule has 0 spiro atoms. The molecule has 6 nitrogen and oxygen atoms in total. The molecule has 2 heterocycles. The molecule has 6 heteroatoms. The van der Waals surface area contributed by atoms with Gasteiger partial charge in [0, 0.05) is 32.7 Å². The van der Waals surface area contributed by atoms with Gasteiger partial charge in [0.2, 0.25) is 0 Å². The quantitative estimate of drug-likeness (QED) is 0.790. The summed E-state index contributed by atoms with van der Waals surface area (Å²) < 4.78 is 10.8. The van der Waals surface area contributed by atoms with Crippen LogP contribution in [0.3, 0.4) is 0 Å². The van der Waals surface area contributed by atoms with Crippen LogP contribution < -0.4 is 0 Å². The highest BCUT2D eigenvalue weighted by molar-refractivity contribution is 5.95. The molecule has 1 amide bonds. The Balaban J connectivity index is 1.78. The van der Waals surface area contributed by atoms with Gasteiger partial charge < -0.3 is 14.1 Å². The predicted octanol–water partition coefficient (Wildman–Crippen LogP) is 2.39. The summed E-state index contributed by atoms with van der Waals surface area (Å²) in [6.07, 6.45) is 0.380. The molecule has 1 fully saturated rings. The highest BCUT2D eigenvalue weighted by Crippen LogP contribution is 2.17. The van der Waals surface area contributed by atoms with E-state index in [2.05, 4.69) is 4.90 Å².